The number of carbonyl (C=O) groups is 4. The van der Waals surface area contributed by atoms with Gasteiger partial charge in [-0.3, -0.25) is 37.3 Å². The van der Waals surface area contributed by atoms with Gasteiger partial charge >= 0.3 is 39.5 Å². The number of ether oxygens (including phenoxy) is 4. The molecule has 0 aromatic carbocycles. The van der Waals surface area contributed by atoms with E-state index in [9.17, 15) is 43.2 Å². The summed E-state index contributed by atoms with van der Waals surface area (Å²) in [6, 6.07) is 0. The van der Waals surface area contributed by atoms with Crippen LogP contribution in [0.5, 0.6) is 0 Å². The molecule has 0 saturated heterocycles. The predicted molar refractivity (Wildman–Crippen MR) is 363 cm³/mol. The van der Waals surface area contributed by atoms with E-state index >= 15 is 0 Å². The van der Waals surface area contributed by atoms with Gasteiger partial charge in [0.25, 0.3) is 0 Å². The molecule has 0 fully saturated rings. The highest BCUT2D eigenvalue weighted by molar-refractivity contribution is 7.47. The van der Waals surface area contributed by atoms with Gasteiger partial charge in [0.05, 0.1) is 26.4 Å². The fourth-order valence-electron chi connectivity index (χ4n) is 10.6. The largest absolute Gasteiger partial charge is 0.472 e. The number of esters is 4. The minimum atomic E-state index is -4.95. The van der Waals surface area contributed by atoms with Crippen LogP contribution >= 0.6 is 15.6 Å². The minimum absolute atomic E-state index is 0.103. The van der Waals surface area contributed by atoms with Crippen LogP contribution in [0.4, 0.5) is 0 Å². The van der Waals surface area contributed by atoms with E-state index in [0.29, 0.717) is 25.7 Å². The third-order valence-corrected chi connectivity index (χ3v) is 19.3. The number of aliphatic hydroxyl groups excluding tert-OH is 1. The first-order chi connectivity index (χ1) is 43.2. The lowest BCUT2D eigenvalue weighted by Crippen LogP contribution is -2.30. The molecule has 90 heavy (non-hydrogen) atoms. The first-order valence-corrected chi connectivity index (χ1v) is 39.8. The van der Waals surface area contributed by atoms with Gasteiger partial charge < -0.3 is 33.8 Å². The van der Waals surface area contributed by atoms with Crippen LogP contribution in [0.2, 0.25) is 0 Å². The van der Waals surface area contributed by atoms with E-state index in [-0.39, 0.29) is 25.7 Å². The van der Waals surface area contributed by atoms with Gasteiger partial charge in [0.2, 0.25) is 0 Å². The molecule has 0 aromatic heterocycles. The average molecular weight is 1330 g/mol. The Balaban J connectivity index is 5.23. The zero-order valence-electron chi connectivity index (χ0n) is 58.8. The van der Waals surface area contributed by atoms with E-state index in [1.165, 1.54) is 141 Å². The normalized spacial score (nSPS) is 15.2. The molecular formula is C71H138O17P2. The van der Waals surface area contributed by atoms with E-state index in [2.05, 4.69) is 55.4 Å². The molecule has 0 aromatic rings. The lowest BCUT2D eigenvalue weighted by Gasteiger charge is -2.21. The van der Waals surface area contributed by atoms with E-state index in [1.807, 2.05) is 0 Å². The summed E-state index contributed by atoms with van der Waals surface area (Å²) in [6.07, 6.45) is 43.1. The fraction of sp³-hybridized carbons (Fsp3) is 0.944. The molecular weight excluding hydrogens is 1190 g/mol. The van der Waals surface area contributed by atoms with Crippen LogP contribution in [0.1, 0.15) is 351 Å². The number of phosphoric ester groups is 2. The molecule has 0 aliphatic heterocycles. The molecule has 8 atom stereocenters. The average Bonchev–Trinajstić information content (AvgIpc) is 3.70. The number of unbranched alkanes of at least 4 members (excludes halogenated alkanes) is 31. The van der Waals surface area contributed by atoms with Crippen LogP contribution in [0.3, 0.4) is 0 Å². The molecule has 17 nitrogen and oxygen atoms in total. The summed E-state index contributed by atoms with van der Waals surface area (Å²) in [5, 5.41) is 10.6. The van der Waals surface area contributed by atoms with Gasteiger partial charge in [0, 0.05) is 25.7 Å². The number of phosphoric acid groups is 2. The summed E-state index contributed by atoms with van der Waals surface area (Å²) in [6.45, 7) is 14.1. The highest BCUT2D eigenvalue weighted by Crippen LogP contribution is 2.45. The second-order valence-corrected chi connectivity index (χ2v) is 29.7. The Morgan fingerprint density at radius 1 is 0.311 bits per heavy atom. The highest BCUT2D eigenvalue weighted by atomic mass is 31.2. The number of carbonyl (C=O) groups excluding carboxylic acids is 4. The monoisotopic (exact) mass is 1320 g/mol. The standard InChI is InChI=1S/C71H138O17P2/c1-9-62(6)48-40-32-24-21-22-26-38-46-54-71(76)88-67(58-82-69(74)52-44-36-30-28-34-42-50-64(8)11-3)60-86-90(79,80)84-56-65(72)55-83-89(77,78)85-59-66(57-81-68(73)51-43-35-29-27-33-41-49-63(7)10-2)87-70(75)53-45-37-25-20-18-16-14-12-13-15-17-19-23-31-39-47-61(4)5/h61-67,72H,9-60H2,1-8H3,(H,77,78)(H,79,80)/t62?,63?,64?,65-,66-,67-/m1/s1. The van der Waals surface area contributed by atoms with Crippen molar-refractivity contribution in [3.05, 3.63) is 0 Å². The minimum Gasteiger partial charge on any atom is -0.462 e. The molecule has 0 aliphatic rings. The van der Waals surface area contributed by atoms with E-state index in [0.717, 1.165) is 126 Å². The Bertz CT molecular complexity index is 1790. The van der Waals surface area contributed by atoms with Crippen molar-refractivity contribution in [1.82, 2.24) is 0 Å². The molecule has 5 unspecified atom stereocenters. The Hall–Kier alpha value is -1.94. The lowest BCUT2D eigenvalue weighted by molar-refractivity contribution is -0.161. The quantitative estimate of drug-likeness (QED) is 0.0222. The summed E-state index contributed by atoms with van der Waals surface area (Å²) in [5.41, 5.74) is 0. The Kier molecular flexibility index (Phi) is 59.4. The van der Waals surface area contributed by atoms with Crippen LogP contribution in [0.25, 0.3) is 0 Å². The van der Waals surface area contributed by atoms with Crippen LogP contribution < -0.4 is 0 Å². The number of aliphatic hydroxyl groups is 1. The van der Waals surface area contributed by atoms with Gasteiger partial charge in [-0.15, -0.1) is 0 Å². The van der Waals surface area contributed by atoms with Crippen molar-refractivity contribution in [3.63, 3.8) is 0 Å². The third kappa shape index (κ3) is 61.0. The van der Waals surface area contributed by atoms with Crippen LogP contribution in [0.15, 0.2) is 0 Å². The summed E-state index contributed by atoms with van der Waals surface area (Å²) < 4.78 is 68.3. The SMILES string of the molecule is CCC(C)CCCCCCCCCCC(=O)O[C@H](COC(=O)CCCCCCCCC(C)CC)COP(=O)(O)OC[C@H](O)COP(=O)(O)OC[C@@H](COC(=O)CCCCCCCCC(C)CC)OC(=O)CCCCCCCCCCCCCCCCCC(C)C. The second kappa shape index (κ2) is 60.7. The van der Waals surface area contributed by atoms with Crippen molar-refractivity contribution < 1.29 is 80.2 Å². The van der Waals surface area contributed by atoms with Gasteiger partial charge in [0.1, 0.15) is 19.3 Å². The summed E-state index contributed by atoms with van der Waals surface area (Å²) >= 11 is 0. The number of hydrogen-bond donors (Lipinski definition) is 3. The van der Waals surface area contributed by atoms with Gasteiger partial charge in [-0.05, 0) is 49.4 Å². The Morgan fingerprint density at radius 3 is 0.789 bits per heavy atom. The van der Waals surface area contributed by atoms with Crippen molar-refractivity contribution in [2.24, 2.45) is 23.7 Å². The molecule has 0 aliphatic carbocycles. The molecule has 3 N–H and O–H groups in total. The van der Waals surface area contributed by atoms with E-state index in [1.54, 1.807) is 0 Å². The number of hydrogen-bond acceptors (Lipinski definition) is 15. The van der Waals surface area contributed by atoms with Gasteiger partial charge in [-0.25, -0.2) is 9.13 Å². The van der Waals surface area contributed by atoms with Crippen LogP contribution in [-0.4, -0.2) is 96.7 Å². The van der Waals surface area contributed by atoms with Crippen molar-refractivity contribution >= 4 is 39.5 Å². The van der Waals surface area contributed by atoms with Crippen LogP contribution in [-0.2, 0) is 65.4 Å². The third-order valence-electron chi connectivity index (χ3n) is 17.4. The smallest absolute Gasteiger partial charge is 0.462 e. The van der Waals surface area contributed by atoms with E-state index < -0.39 is 97.5 Å². The lowest BCUT2D eigenvalue weighted by atomic mass is 9.99. The molecule has 534 valence electrons. The van der Waals surface area contributed by atoms with Crippen LogP contribution in [0, 0.1) is 23.7 Å². The molecule has 0 radical (unpaired) electrons. The van der Waals surface area contributed by atoms with Crippen molar-refractivity contribution in [2.75, 3.05) is 39.6 Å². The van der Waals surface area contributed by atoms with Crippen molar-refractivity contribution in [1.29, 1.82) is 0 Å². The molecule has 0 heterocycles. The molecule has 19 heteroatoms. The zero-order valence-corrected chi connectivity index (χ0v) is 60.6. The molecule has 0 rings (SSSR count). The maximum atomic E-state index is 13.0. The number of rotatable bonds is 68. The maximum absolute atomic E-state index is 13.0. The van der Waals surface area contributed by atoms with E-state index in [4.69, 9.17) is 37.0 Å². The van der Waals surface area contributed by atoms with Gasteiger partial charge in [-0.2, -0.15) is 0 Å². The molecule has 0 bridgehead atoms. The van der Waals surface area contributed by atoms with Gasteiger partial charge in [0.15, 0.2) is 12.2 Å². The molecule has 0 spiro atoms. The highest BCUT2D eigenvalue weighted by Gasteiger charge is 2.30. The predicted octanol–water partition coefficient (Wildman–Crippen LogP) is 20.1. The zero-order chi connectivity index (χ0) is 66.8. The van der Waals surface area contributed by atoms with Gasteiger partial charge in [-0.1, -0.05) is 299 Å². The first-order valence-electron chi connectivity index (χ1n) is 36.8. The summed E-state index contributed by atoms with van der Waals surface area (Å²) in [7, 11) is -9.90. The second-order valence-electron chi connectivity index (χ2n) is 26.8. The maximum Gasteiger partial charge on any atom is 0.472 e. The first kappa shape index (κ1) is 88.1. The molecule has 0 amide bonds. The molecule has 0 saturated carbocycles. The fourth-order valence-corrected chi connectivity index (χ4v) is 12.1. The summed E-state index contributed by atoms with van der Waals surface area (Å²) in [4.78, 5) is 72.5. The van der Waals surface area contributed by atoms with Crippen molar-refractivity contribution in [2.45, 2.75) is 369 Å². The Labute approximate surface area is 549 Å². The Morgan fingerprint density at radius 2 is 0.533 bits per heavy atom. The topological polar surface area (TPSA) is 237 Å². The summed E-state index contributed by atoms with van der Waals surface area (Å²) in [5.74, 6) is 0.902. The van der Waals surface area contributed by atoms with Crippen molar-refractivity contribution in [3.8, 4) is 0 Å².